The van der Waals surface area contributed by atoms with Gasteiger partial charge in [0, 0.05) is 24.5 Å². The average Bonchev–Trinajstić information content (AvgIpc) is 3.00. The van der Waals surface area contributed by atoms with Crippen LogP contribution >= 0.6 is 0 Å². The average molecular weight is 216 g/mol. The van der Waals surface area contributed by atoms with E-state index in [4.69, 9.17) is 5.73 Å². The maximum absolute atomic E-state index is 5.83. The van der Waals surface area contributed by atoms with E-state index in [1.165, 1.54) is 31.4 Å². The third-order valence-corrected chi connectivity index (χ3v) is 4.11. The Labute approximate surface area is 97.4 Å². The highest BCUT2D eigenvalue weighted by molar-refractivity contribution is 5.28. The van der Waals surface area contributed by atoms with Crippen molar-refractivity contribution in [3.8, 4) is 0 Å². The van der Waals surface area contributed by atoms with Crippen molar-refractivity contribution in [1.29, 1.82) is 0 Å². The van der Waals surface area contributed by atoms with Crippen LogP contribution in [0.25, 0.3) is 0 Å². The molecule has 2 heteroatoms. The number of hydrogen-bond acceptors (Lipinski definition) is 2. The zero-order valence-electron chi connectivity index (χ0n) is 9.68. The van der Waals surface area contributed by atoms with Gasteiger partial charge in [-0.15, -0.1) is 0 Å². The summed E-state index contributed by atoms with van der Waals surface area (Å²) < 4.78 is 0. The molecule has 2 aliphatic rings. The van der Waals surface area contributed by atoms with Gasteiger partial charge in [0.05, 0.1) is 0 Å². The Kier molecular flexibility index (Phi) is 2.70. The number of nitrogens with zero attached hydrogens (tertiary/aromatic N) is 1. The Morgan fingerprint density at radius 2 is 2.06 bits per heavy atom. The van der Waals surface area contributed by atoms with E-state index in [-0.39, 0.29) is 0 Å². The third-order valence-electron chi connectivity index (χ3n) is 4.11. The van der Waals surface area contributed by atoms with Gasteiger partial charge in [0.15, 0.2) is 0 Å². The Morgan fingerprint density at radius 1 is 1.25 bits per heavy atom. The molecular weight excluding hydrogens is 196 g/mol. The highest BCUT2D eigenvalue weighted by Crippen LogP contribution is 2.46. The van der Waals surface area contributed by atoms with Gasteiger partial charge < -0.3 is 5.73 Å². The Morgan fingerprint density at radius 3 is 2.81 bits per heavy atom. The summed E-state index contributed by atoms with van der Waals surface area (Å²) in [5, 5.41) is 0. The fraction of sp³-hybridized carbons (Fsp3) is 0.571. The molecule has 1 aliphatic heterocycles. The Bertz CT molecular complexity index is 349. The molecule has 3 rings (SSSR count). The summed E-state index contributed by atoms with van der Waals surface area (Å²) in [4.78, 5) is 2.65. The van der Waals surface area contributed by atoms with Gasteiger partial charge in [-0.1, -0.05) is 30.3 Å². The standard InChI is InChI=1S/C14H20N2/c15-10-12-7-4-8-16(12)14-9-13(14)11-5-2-1-3-6-11/h1-3,5-6,12-14H,4,7-10,15H2. The monoisotopic (exact) mass is 216 g/mol. The molecule has 1 aromatic carbocycles. The molecular formula is C14H20N2. The smallest absolute Gasteiger partial charge is 0.0222 e. The lowest BCUT2D eigenvalue weighted by atomic mass is 10.1. The third kappa shape index (κ3) is 1.76. The topological polar surface area (TPSA) is 29.3 Å². The van der Waals surface area contributed by atoms with Crippen molar-refractivity contribution in [2.24, 2.45) is 5.73 Å². The second-order valence-corrected chi connectivity index (χ2v) is 5.09. The molecule has 1 aromatic rings. The van der Waals surface area contributed by atoms with E-state index in [1.807, 2.05) is 0 Å². The molecule has 0 radical (unpaired) electrons. The van der Waals surface area contributed by atoms with Crippen LogP contribution in [0.4, 0.5) is 0 Å². The van der Waals surface area contributed by atoms with Crippen LogP contribution in [-0.4, -0.2) is 30.1 Å². The van der Waals surface area contributed by atoms with Crippen molar-refractivity contribution in [3.63, 3.8) is 0 Å². The molecule has 3 atom stereocenters. The van der Waals surface area contributed by atoms with Crippen LogP contribution in [0.2, 0.25) is 0 Å². The van der Waals surface area contributed by atoms with Gasteiger partial charge in [-0.25, -0.2) is 0 Å². The Balaban J connectivity index is 1.68. The lowest BCUT2D eigenvalue weighted by Gasteiger charge is -2.23. The van der Waals surface area contributed by atoms with E-state index in [1.54, 1.807) is 0 Å². The predicted molar refractivity (Wildman–Crippen MR) is 66.4 cm³/mol. The molecule has 16 heavy (non-hydrogen) atoms. The van der Waals surface area contributed by atoms with Gasteiger partial charge in [-0.2, -0.15) is 0 Å². The molecule has 3 unspecified atom stereocenters. The van der Waals surface area contributed by atoms with Gasteiger partial charge in [0.25, 0.3) is 0 Å². The van der Waals surface area contributed by atoms with E-state index < -0.39 is 0 Å². The maximum atomic E-state index is 5.83. The minimum Gasteiger partial charge on any atom is -0.329 e. The summed E-state index contributed by atoms with van der Waals surface area (Å²) in [7, 11) is 0. The fourth-order valence-electron chi connectivity index (χ4n) is 3.15. The molecule has 86 valence electrons. The largest absolute Gasteiger partial charge is 0.329 e. The van der Waals surface area contributed by atoms with Crippen LogP contribution < -0.4 is 5.73 Å². The number of hydrogen-bond donors (Lipinski definition) is 1. The molecule has 0 aromatic heterocycles. The molecule has 1 aliphatic carbocycles. The molecule has 2 N–H and O–H groups in total. The van der Waals surface area contributed by atoms with Gasteiger partial charge in [-0.05, 0) is 31.4 Å². The van der Waals surface area contributed by atoms with Crippen molar-refractivity contribution >= 4 is 0 Å². The summed E-state index contributed by atoms with van der Waals surface area (Å²) in [5.41, 5.74) is 7.34. The second kappa shape index (κ2) is 4.19. The second-order valence-electron chi connectivity index (χ2n) is 5.09. The quantitative estimate of drug-likeness (QED) is 0.837. The van der Waals surface area contributed by atoms with Crippen LogP contribution in [0.1, 0.15) is 30.7 Å². The summed E-state index contributed by atoms with van der Waals surface area (Å²) in [6.07, 6.45) is 3.97. The van der Waals surface area contributed by atoms with E-state index >= 15 is 0 Å². The van der Waals surface area contributed by atoms with Crippen molar-refractivity contribution < 1.29 is 0 Å². The SMILES string of the molecule is NCC1CCCN1C1CC1c1ccccc1. The highest BCUT2D eigenvalue weighted by atomic mass is 15.2. The van der Waals surface area contributed by atoms with Crippen molar-refractivity contribution in [3.05, 3.63) is 35.9 Å². The van der Waals surface area contributed by atoms with Crippen molar-refractivity contribution in [1.82, 2.24) is 4.90 Å². The number of likely N-dealkylation sites (tertiary alicyclic amines) is 1. The van der Waals surface area contributed by atoms with Gasteiger partial charge in [0.1, 0.15) is 0 Å². The summed E-state index contributed by atoms with van der Waals surface area (Å²) in [5.74, 6) is 0.772. The number of benzene rings is 1. The van der Waals surface area contributed by atoms with Gasteiger partial charge in [-0.3, -0.25) is 4.90 Å². The summed E-state index contributed by atoms with van der Waals surface area (Å²) in [6, 6.07) is 12.3. The van der Waals surface area contributed by atoms with Crippen LogP contribution in [-0.2, 0) is 0 Å². The van der Waals surface area contributed by atoms with Gasteiger partial charge >= 0.3 is 0 Å². The van der Waals surface area contributed by atoms with Crippen LogP contribution in [0.5, 0.6) is 0 Å². The summed E-state index contributed by atoms with van der Waals surface area (Å²) in [6.45, 7) is 2.09. The minimum atomic E-state index is 0.652. The summed E-state index contributed by atoms with van der Waals surface area (Å²) >= 11 is 0. The molecule has 1 heterocycles. The van der Waals surface area contributed by atoms with Gasteiger partial charge in [0.2, 0.25) is 0 Å². The molecule has 0 amide bonds. The molecule has 0 bridgehead atoms. The van der Waals surface area contributed by atoms with Crippen LogP contribution in [0.3, 0.4) is 0 Å². The van der Waals surface area contributed by atoms with Crippen molar-refractivity contribution in [2.45, 2.75) is 37.3 Å². The van der Waals surface area contributed by atoms with E-state index in [2.05, 4.69) is 35.2 Å². The highest BCUT2D eigenvalue weighted by Gasteiger charge is 2.45. The zero-order valence-corrected chi connectivity index (χ0v) is 9.68. The molecule has 0 spiro atoms. The van der Waals surface area contributed by atoms with E-state index in [0.29, 0.717) is 6.04 Å². The van der Waals surface area contributed by atoms with Crippen molar-refractivity contribution in [2.75, 3.05) is 13.1 Å². The van der Waals surface area contributed by atoms with E-state index in [0.717, 1.165) is 18.5 Å². The molecule has 1 saturated heterocycles. The predicted octanol–water partition coefficient (Wildman–Crippen LogP) is 1.97. The number of rotatable bonds is 3. The molecule has 1 saturated carbocycles. The minimum absolute atomic E-state index is 0.652. The lowest BCUT2D eigenvalue weighted by Crippen LogP contribution is -2.37. The lowest BCUT2D eigenvalue weighted by molar-refractivity contribution is 0.244. The zero-order chi connectivity index (χ0) is 11.0. The van der Waals surface area contributed by atoms with E-state index in [9.17, 15) is 0 Å². The normalized spacial score (nSPS) is 34.2. The fourth-order valence-corrected chi connectivity index (χ4v) is 3.15. The molecule has 2 nitrogen and oxygen atoms in total. The van der Waals surface area contributed by atoms with Crippen LogP contribution in [0.15, 0.2) is 30.3 Å². The molecule has 2 fully saturated rings. The Hall–Kier alpha value is -0.860. The first kappa shape index (κ1) is 10.3. The first-order valence-corrected chi connectivity index (χ1v) is 6.41. The first-order valence-electron chi connectivity index (χ1n) is 6.41. The van der Waals surface area contributed by atoms with Crippen LogP contribution in [0, 0.1) is 0 Å². The first-order chi connectivity index (χ1) is 7.90. The number of nitrogens with two attached hydrogens (primary N) is 1. The maximum Gasteiger partial charge on any atom is 0.0222 e.